The van der Waals surface area contributed by atoms with Gasteiger partial charge in [-0.2, -0.15) is 10.2 Å². The third-order valence-electron chi connectivity index (χ3n) is 9.59. The quantitative estimate of drug-likeness (QED) is 0.0855. The molecular weight excluding hydrogens is 733 g/mol. The summed E-state index contributed by atoms with van der Waals surface area (Å²) in [6.07, 6.45) is 19.3. The van der Waals surface area contributed by atoms with Crippen molar-refractivity contribution in [3.05, 3.63) is 140 Å². The summed E-state index contributed by atoms with van der Waals surface area (Å²) in [5.74, 6) is 0.541. The fourth-order valence-electron chi connectivity index (χ4n) is 6.81. The minimum atomic E-state index is 0.541. The molecule has 296 valence electrons. The zero-order valence-corrected chi connectivity index (χ0v) is 34.2. The minimum absolute atomic E-state index is 0.541. The summed E-state index contributed by atoms with van der Waals surface area (Å²) in [5.41, 5.74) is 15.1. The highest BCUT2D eigenvalue weighted by Crippen LogP contribution is 2.32. The second kappa shape index (κ2) is 17.8. The maximum Gasteiger partial charge on any atom is 0.137 e. The Kier molecular flexibility index (Phi) is 12.0. The van der Waals surface area contributed by atoms with Gasteiger partial charge in [0.2, 0.25) is 0 Å². The molecule has 0 unspecified atom stereocenters. The number of hydrogen-bond acceptors (Lipinski definition) is 8. The normalized spacial score (nSPS) is 11.2. The van der Waals surface area contributed by atoms with Gasteiger partial charge in [0.25, 0.3) is 0 Å². The molecule has 0 saturated heterocycles. The number of rotatable bonds is 10. The Balaban J connectivity index is 0.000000174. The summed E-state index contributed by atoms with van der Waals surface area (Å²) in [6, 6.07) is 16.2. The van der Waals surface area contributed by atoms with Gasteiger partial charge in [-0.1, -0.05) is 59.1 Å². The van der Waals surface area contributed by atoms with Gasteiger partial charge in [0.1, 0.15) is 17.0 Å². The minimum Gasteiger partial charge on any atom is -0.358 e. The standard InChI is InChI=1S/C24H23N7.C21H19N5.C2H6/c1-14(2)7-15(3)28-18-8-17(11-25-12-18)20-10-19-22(13-27-20)30-31-23(19)21-9-16-5-4-6-26-24(16)29-21;1-4-5-6-15-9-19(24-14(15)3)21-16-10-18(23-12-20(16)25-26-21)17-11-22-8-7-13(17)2;1-2/h4-6,8-14,28H,3,7H2,1-2H3,(H,26,29)(H,30,31);4-12,24H,1H2,2-3H3,(H,25,26);1-2H3/b;6-5-;. The molecule has 0 aliphatic rings. The molecule has 0 bridgehead atoms. The summed E-state index contributed by atoms with van der Waals surface area (Å²) in [6.45, 7) is 20.3. The lowest BCUT2D eigenvalue weighted by atomic mass is 10.1. The number of allylic oxidation sites excluding steroid dienone is 3. The first-order valence-corrected chi connectivity index (χ1v) is 19.7. The van der Waals surface area contributed by atoms with Crippen LogP contribution in [-0.2, 0) is 0 Å². The largest absolute Gasteiger partial charge is 0.358 e. The van der Waals surface area contributed by atoms with Crippen LogP contribution in [0.2, 0.25) is 0 Å². The summed E-state index contributed by atoms with van der Waals surface area (Å²) in [7, 11) is 0. The maximum atomic E-state index is 4.61. The molecule has 0 aromatic carbocycles. The van der Waals surface area contributed by atoms with Gasteiger partial charge in [-0.15, -0.1) is 0 Å². The molecule has 5 N–H and O–H groups in total. The molecule has 9 heterocycles. The van der Waals surface area contributed by atoms with Crippen LogP contribution < -0.4 is 5.32 Å². The van der Waals surface area contributed by atoms with E-state index in [1.165, 1.54) is 0 Å². The lowest BCUT2D eigenvalue weighted by Gasteiger charge is -2.12. The molecule has 0 amide bonds. The molecule has 0 radical (unpaired) electrons. The van der Waals surface area contributed by atoms with E-state index in [0.29, 0.717) is 5.92 Å². The molecule has 0 saturated carbocycles. The fourth-order valence-corrected chi connectivity index (χ4v) is 6.81. The number of H-pyrrole nitrogens is 4. The van der Waals surface area contributed by atoms with E-state index in [9.17, 15) is 0 Å². The van der Waals surface area contributed by atoms with Crippen molar-refractivity contribution in [3.63, 3.8) is 0 Å². The van der Waals surface area contributed by atoms with Crippen LogP contribution in [0.15, 0.2) is 123 Å². The van der Waals surface area contributed by atoms with Crippen LogP contribution in [0.4, 0.5) is 5.69 Å². The number of nitrogens with zero attached hydrogens (tertiary/aromatic N) is 7. The van der Waals surface area contributed by atoms with Gasteiger partial charge in [0, 0.05) is 63.5 Å². The third-order valence-corrected chi connectivity index (χ3v) is 9.59. The van der Waals surface area contributed by atoms with Crippen molar-refractivity contribution in [2.24, 2.45) is 5.92 Å². The summed E-state index contributed by atoms with van der Waals surface area (Å²) >= 11 is 0. The van der Waals surface area contributed by atoms with Gasteiger partial charge in [0.15, 0.2) is 0 Å². The SMILES string of the molecule is C=C(CC(C)C)Nc1cncc(-c2cc3c(-c4cc5cccnc5[nH]4)n[nH]c3cn2)c1.C=C/C=C\c1cc(-c2n[nH]c3cnc(-c4cnccc4C)cc23)[nH]c1C.CC. The molecular formula is C47H48N12. The zero-order chi connectivity index (χ0) is 41.5. The van der Waals surface area contributed by atoms with Gasteiger partial charge in [0.05, 0.1) is 58.1 Å². The Bertz CT molecular complexity index is 2890. The van der Waals surface area contributed by atoms with Crippen LogP contribution in [0.5, 0.6) is 0 Å². The van der Waals surface area contributed by atoms with E-state index in [2.05, 4.69) is 113 Å². The molecule has 12 heteroatoms. The Hall–Kier alpha value is -7.47. The van der Waals surface area contributed by atoms with Crippen LogP contribution in [0.3, 0.4) is 0 Å². The van der Waals surface area contributed by atoms with Crippen LogP contribution in [0.25, 0.3) is 84.2 Å². The number of anilines is 1. The zero-order valence-electron chi connectivity index (χ0n) is 34.2. The fraction of sp³-hybridized carbons (Fsp3) is 0.170. The van der Waals surface area contributed by atoms with Gasteiger partial charge >= 0.3 is 0 Å². The molecule has 0 aliphatic heterocycles. The molecule has 0 atom stereocenters. The van der Waals surface area contributed by atoms with Crippen molar-refractivity contribution in [1.82, 2.24) is 55.3 Å². The van der Waals surface area contributed by atoms with Crippen molar-refractivity contribution < 1.29 is 0 Å². The Labute approximate surface area is 343 Å². The Morgan fingerprint density at radius 2 is 1.49 bits per heavy atom. The van der Waals surface area contributed by atoms with Crippen LogP contribution >= 0.6 is 0 Å². The van der Waals surface area contributed by atoms with Crippen LogP contribution in [-0.4, -0.2) is 55.3 Å². The molecule has 59 heavy (non-hydrogen) atoms. The van der Waals surface area contributed by atoms with E-state index in [1.54, 1.807) is 30.9 Å². The van der Waals surface area contributed by atoms with Crippen molar-refractivity contribution in [1.29, 1.82) is 0 Å². The number of fused-ring (bicyclic) bond motifs is 3. The molecule has 12 nitrogen and oxygen atoms in total. The van der Waals surface area contributed by atoms with Gasteiger partial charge in [-0.25, -0.2) is 4.98 Å². The molecule has 0 fully saturated rings. The average molecular weight is 781 g/mol. The molecule has 9 aromatic rings. The number of hydrogen-bond donors (Lipinski definition) is 5. The topological polar surface area (TPSA) is 165 Å². The monoisotopic (exact) mass is 780 g/mol. The lowest BCUT2D eigenvalue weighted by molar-refractivity contribution is 0.645. The highest BCUT2D eigenvalue weighted by Gasteiger charge is 2.16. The van der Waals surface area contributed by atoms with Gasteiger partial charge in [-0.05, 0) is 85.8 Å². The van der Waals surface area contributed by atoms with Crippen molar-refractivity contribution in [2.45, 2.75) is 48.0 Å². The Morgan fingerprint density at radius 1 is 0.780 bits per heavy atom. The lowest BCUT2D eigenvalue weighted by Crippen LogP contribution is -2.02. The van der Waals surface area contributed by atoms with E-state index in [1.807, 2.05) is 81.8 Å². The first-order chi connectivity index (χ1) is 28.7. The maximum absolute atomic E-state index is 4.61. The molecule has 9 aromatic heterocycles. The second-order valence-corrected chi connectivity index (χ2v) is 14.3. The summed E-state index contributed by atoms with van der Waals surface area (Å²) in [5, 5.41) is 21.6. The summed E-state index contributed by atoms with van der Waals surface area (Å²) < 4.78 is 0. The number of pyridine rings is 5. The third kappa shape index (κ3) is 8.76. The highest BCUT2D eigenvalue weighted by molar-refractivity contribution is 5.97. The van der Waals surface area contributed by atoms with Crippen molar-refractivity contribution in [2.75, 3.05) is 5.32 Å². The van der Waals surface area contributed by atoms with Crippen molar-refractivity contribution in [3.8, 4) is 45.3 Å². The van der Waals surface area contributed by atoms with E-state index in [4.69, 9.17) is 0 Å². The number of nitrogens with one attached hydrogen (secondary N) is 5. The van der Waals surface area contributed by atoms with Crippen LogP contribution in [0.1, 0.15) is 50.9 Å². The number of aryl methyl sites for hydroxylation is 2. The first kappa shape index (κ1) is 39.8. The average Bonchev–Trinajstić information content (AvgIpc) is 4.05. The predicted octanol–water partition coefficient (Wildman–Crippen LogP) is 11.4. The predicted molar refractivity (Wildman–Crippen MR) is 241 cm³/mol. The van der Waals surface area contributed by atoms with E-state index in [0.717, 1.165) is 113 Å². The summed E-state index contributed by atoms with van der Waals surface area (Å²) in [4.78, 5) is 28.9. The highest BCUT2D eigenvalue weighted by atomic mass is 15.1. The Morgan fingerprint density at radius 3 is 2.19 bits per heavy atom. The van der Waals surface area contributed by atoms with E-state index >= 15 is 0 Å². The smallest absolute Gasteiger partial charge is 0.137 e. The van der Waals surface area contributed by atoms with E-state index in [-0.39, 0.29) is 0 Å². The number of aromatic nitrogens is 11. The van der Waals surface area contributed by atoms with Gasteiger partial charge < -0.3 is 15.3 Å². The first-order valence-electron chi connectivity index (χ1n) is 19.7. The van der Waals surface area contributed by atoms with Crippen LogP contribution in [0, 0.1) is 19.8 Å². The molecule has 0 spiro atoms. The molecule has 0 aliphatic carbocycles. The molecule has 9 rings (SSSR count). The second-order valence-electron chi connectivity index (χ2n) is 14.3. The number of aromatic amines is 4. The van der Waals surface area contributed by atoms with E-state index < -0.39 is 0 Å². The van der Waals surface area contributed by atoms with Crippen molar-refractivity contribution >= 4 is 44.6 Å². The van der Waals surface area contributed by atoms with Gasteiger partial charge in [-0.3, -0.25) is 30.1 Å².